The van der Waals surface area contributed by atoms with E-state index in [1.54, 1.807) is 24.0 Å². The van der Waals surface area contributed by atoms with Gasteiger partial charge in [-0.2, -0.15) is 0 Å². The molecular weight excluding hydrogens is 453 g/mol. The second kappa shape index (κ2) is 9.76. The maximum absolute atomic E-state index is 14.0. The summed E-state index contributed by atoms with van der Waals surface area (Å²) in [6.45, 7) is 6.25. The van der Waals surface area contributed by atoms with E-state index in [1.165, 1.54) is 31.4 Å². The fourth-order valence-electron chi connectivity index (χ4n) is 4.99. The van der Waals surface area contributed by atoms with Gasteiger partial charge < -0.3 is 14.4 Å². The number of hydrogen-bond donors (Lipinski definition) is 0. The molecule has 0 saturated carbocycles. The average Bonchev–Trinajstić information content (AvgIpc) is 3.28. The van der Waals surface area contributed by atoms with Crippen molar-refractivity contribution in [1.29, 1.82) is 0 Å². The molecule has 0 unspecified atom stereocenters. The molecule has 5 rings (SSSR count). The smallest absolute Gasteiger partial charge is 0.267 e. The van der Waals surface area contributed by atoms with Crippen molar-refractivity contribution in [3.05, 3.63) is 68.3 Å². The summed E-state index contributed by atoms with van der Waals surface area (Å²) in [6, 6.07) is 8.01. The van der Waals surface area contributed by atoms with Crippen LogP contribution < -0.4 is 5.56 Å². The highest BCUT2D eigenvalue weighted by atomic mass is 32.1. The minimum atomic E-state index is -0.375. The predicted molar refractivity (Wildman–Crippen MR) is 129 cm³/mol. The lowest BCUT2D eigenvalue weighted by Crippen LogP contribution is -2.41. The number of piperidine rings is 1. The van der Waals surface area contributed by atoms with Crippen LogP contribution in [0.5, 0.6) is 0 Å². The third-order valence-corrected chi connectivity index (χ3v) is 7.64. The first-order valence-corrected chi connectivity index (χ1v) is 12.6. The lowest BCUT2D eigenvalue weighted by molar-refractivity contribution is 0.0735. The number of aromatic nitrogens is 3. The number of pyridine rings is 1. The Morgan fingerprint density at radius 1 is 1.12 bits per heavy atom. The van der Waals surface area contributed by atoms with Crippen LogP contribution in [0.3, 0.4) is 0 Å². The molecule has 2 aliphatic rings. The van der Waals surface area contributed by atoms with E-state index in [-0.39, 0.29) is 17.3 Å². The van der Waals surface area contributed by atoms with Crippen LogP contribution in [0.4, 0.5) is 4.39 Å². The molecule has 4 heterocycles. The van der Waals surface area contributed by atoms with E-state index in [0.29, 0.717) is 47.8 Å². The molecule has 1 fully saturated rings. The van der Waals surface area contributed by atoms with Crippen molar-refractivity contribution in [3.63, 3.8) is 0 Å². The Kier molecular flexibility index (Phi) is 6.56. The highest BCUT2D eigenvalue weighted by molar-refractivity contribution is 7.07. The van der Waals surface area contributed by atoms with Crippen molar-refractivity contribution in [2.24, 2.45) is 0 Å². The van der Waals surface area contributed by atoms with Crippen LogP contribution in [-0.4, -0.2) is 56.0 Å². The van der Waals surface area contributed by atoms with Crippen LogP contribution in [0.15, 0.2) is 35.1 Å². The molecule has 1 amide bonds. The van der Waals surface area contributed by atoms with Gasteiger partial charge in [0.2, 0.25) is 0 Å². The van der Waals surface area contributed by atoms with E-state index < -0.39 is 0 Å². The number of hydrogen-bond acceptors (Lipinski definition) is 6. The van der Waals surface area contributed by atoms with Crippen molar-refractivity contribution in [2.75, 3.05) is 26.2 Å². The van der Waals surface area contributed by atoms with Crippen molar-refractivity contribution in [1.82, 2.24) is 24.0 Å². The molecule has 3 aromatic rings. The van der Waals surface area contributed by atoms with E-state index in [2.05, 4.69) is 14.5 Å². The summed E-state index contributed by atoms with van der Waals surface area (Å²) >= 11 is 1.11. The Hall–Kier alpha value is -2.91. The predicted octanol–water partition coefficient (Wildman–Crippen LogP) is 3.50. The topological polar surface area (TPSA) is 71.3 Å². The molecule has 0 spiro atoms. The van der Waals surface area contributed by atoms with Crippen LogP contribution in [0.1, 0.15) is 45.9 Å². The molecular formula is C25H28FN5O2S. The summed E-state index contributed by atoms with van der Waals surface area (Å²) in [4.78, 5) is 31.5. The lowest BCUT2D eigenvalue weighted by atomic mass is 9.98. The second-order valence-corrected chi connectivity index (χ2v) is 9.82. The first kappa shape index (κ1) is 22.9. The summed E-state index contributed by atoms with van der Waals surface area (Å²) in [5, 5.41) is 3.97. The highest BCUT2D eigenvalue weighted by Crippen LogP contribution is 2.26. The van der Waals surface area contributed by atoms with Crippen molar-refractivity contribution in [3.8, 4) is 11.1 Å². The van der Waals surface area contributed by atoms with Gasteiger partial charge in [0.1, 0.15) is 10.7 Å². The maximum atomic E-state index is 14.0. The van der Waals surface area contributed by atoms with Crippen LogP contribution in [0.2, 0.25) is 0 Å². The SMILES string of the molecule is Cc1nnsc1C(=O)N1CCc2c(cc(-c3cccc(F)c3)c(=O)n2CCN2CCCCC2)C1. The largest absolute Gasteiger partial charge is 0.333 e. The van der Waals surface area contributed by atoms with Crippen LogP contribution in [0, 0.1) is 12.7 Å². The van der Waals surface area contributed by atoms with Gasteiger partial charge in [-0.25, -0.2) is 4.39 Å². The number of nitrogens with zero attached hydrogens (tertiary/aromatic N) is 5. The van der Waals surface area contributed by atoms with E-state index in [9.17, 15) is 14.0 Å². The Balaban J connectivity index is 1.51. The van der Waals surface area contributed by atoms with Gasteiger partial charge in [-0.1, -0.05) is 23.0 Å². The van der Waals surface area contributed by atoms with Gasteiger partial charge in [0.15, 0.2) is 0 Å². The highest BCUT2D eigenvalue weighted by Gasteiger charge is 2.28. The zero-order valence-electron chi connectivity index (χ0n) is 19.3. The Labute approximate surface area is 202 Å². The molecule has 34 heavy (non-hydrogen) atoms. The maximum Gasteiger partial charge on any atom is 0.267 e. The van der Waals surface area contributed by atoms with Crippen molar-refractivity contribution in [2.45, 2.75) is 45.7 Å². The van der Waals surface area contributed by atoms with Gasteiger partial charge in [0.25, 0.3) is 11.5 Å². The molecule has 0 radical (unpaired) electrons. The zero-order valence-corrected chi connectivity index (χ0v) is 20.1. The third-order valence-electron chi connectivity index (χ3n) is 6.83. The Morgan fingerprint density at radius 2 is 1.94 bits per heavy atom. The molecule has 1 saturated heterocycles. The van der Waals surface area contributed by atoms with E-state index in [0.717, 1.165) is 42.4 Å². The van der Waals surface area contributed by atoms with Gasteiger partial charge >= 0.3 is 0 Å². The molecule has 2 aliphatic heterocycles. The molecule has 1 aromatic carbocycles. The molecule has 0 N–H and O–H groups in total. The molecule has 9 heteroatoms. The average molecular weight is 482 g/mol. The zero-order chi connectivity index (χ0) is 23.7. The molecule has 178 valence electrons. The van der Waals surface area contributed by atoms with Crippen LogP contribution in [0.25, 0.3) is 11.1 Å². The molecule has 0 aliphatic carbocycles. The summed E-state index contributed by atoms with van der Waals surface area (Å²) in [5.74, 6) is -0.462. The minimum Gasteiger partial charge on any atom is -0.333 e. The molecule has 0 atom stereocenters. The summed E-state index contributed by atoms with van der Waals surface area (Å²) < 4.78 is 19.8. The van der Waals surface area contributed by atoms with Crippen molar-refractivity contribution >= 4 is 17.4 Å². The number of rotatable bonds is 5. The standard InChI is InChI=1S/C25H28FN5O2S/c1-17-23(34-28-27-17)25(33)30-11-8-22-19(16-30)15-21(18-6-5-7-20(26)14-18)24(32)31(22)13-12-29-9-3-2-4-10-29/h5-7,14-15H,2-4,8-13,16H2,1H3. The van der Waals surface area contributed by atoms with Gasteiger partial charge in [-0.15, -0.1) is 5.10 Å². The molecule has 7 nitrogen and oxygen atoms in total. The lowest BCUT2D eigenvalue weighted by Gasteiger charge is -2.32. The monoisotopic (exact) mass is 481 g/mol. The van der Waals surface area contributed by atoms with Gasteiger partial charge in [0, 0.05) is 43.9 Å². The van der Waals surface area contributed by atoms with Crippen LogP contribution >= 0.6 is 11.5 Å². The number of benzene rings is 1. The van der Waals surface area contributed by atoms with Gasteiger partial charge in [-0.05, 0) is 73.7 Å². The van der Waals surface area contributed by atoms with E-state index in [4.69, 9.17) is 0 Å². The quantitative estimate of drug-likeness (QED) is 0.558. The number of amides is 1. The summed E-state index contributed by atoms with van der Waals surface area (Å²) in [5.41, 5.74) is 3.49. The number of likely N-dealkylation sites (tertiary alicyclic amines) is 1. The van der Waals surface area contributed by atoms with E-state index in [1.807, 2.05) is 10.6 Å². The van der Waals surface area contributed by atoms with Gasteiger partial charge in [0.05, 0.1) is 5.69 Å². The first-order valence-electron chi connectivity index (χ1n) is 11.8. The number of carbonyl (C=O) groups excluding carboxylic acids is 1. The van der Waals surface area contributed by atoms with Crippen molar-refractivity contribution < 1.29 is 9.18 Å². The molecule has 0 bridgehead atoms. The Bertz CT molecular complexity index is 1260. The number of aryl methyl sites for hydroxylation is 1. The summed E-state index contributed by atoms with van der Waals surface area (Å²) in [6.07, 6.45) is 4.25. The third kappa shape index (κ3) is 4.54. The van der Waals surface area contributed by atoms with E-state index >= 15 is 0 Å². The Morgan fingerprint density at radius 3 is 2.68 bits per heavy atom. The molecule has 2 aromatic heterocycles. The minimum absolute atomic E-state index is 0.0866. The fraction of sp³-hybridized carbons (Fsp3) is 0.440. The summed E-state index contributed by atoms with van der Waals surface area (Å²) in [7, 11) is 0. The van der Waals surface area contributed by atoms with Gasteiger partial charge in [-0.3, -0.25) is 9.59 Å². The number of carbonyl (C=O) groups is 1. The first-order chi connectivity index (χ1) is 16.5. The van der Waals surface area contributed by atoms with Crippen LogP contribution in [-0.2, 0) is 19.5 Å². The number of halogens is 1. The normalized spacial score (nSPS) is 16.5. The second-order valence-electron chi connectivity index (χ2n) is 9.06. The number of fused-ring (bicyclic) bond motifs is 1. The fourth-order valence-corrected chi connectivity index (χ4v) is 5.61.